The first-order valence-corrected chi connectivity index (χ1v) is 6.18. The van der Waals surface area contributed by atoms with Crippen LogP contribution in [-0.4, -0.2) is 23.9 Å². The zero-order chi connectivity index (χ0) is 11.5. The van der Waals surface area contributed by atoms with Crippen LogP contribution in [-0.2, 0) is 0 Å². The minimum absolute atomic E-state index is 0.0152. The maximum Gasteiger partial charge on any atom is 0.255 e. The van der Waals surface area contributed by atoms with Gasteiger partial charge in [0.1, 0.15) is 0 Å². The number of carbonyl (C=O) groups excluding carboxylic acids is 1. The van der Waals surface area contributed by atoms with Crippen LogP contribution in [0.3, 0.4) is 0 Å². The molecule has 0 bridgehead atoms. The van der Waals surface area contributed by atoms with Gasteiger partial charge in [-0.25, -0.2) is 0 Å². The van der Waals surface area contributed by atoms with E-state index in [0.29, 0.717) is 15.6 Å². The number of benzene rings is 1. The second kappa shape index (κ2) is 5.07. The minimum Gasteiger partial charge on any atom is -0.339 e. The van der Waals surface area contributed by atoms with Crippen LogP contribution in [0.1, 0.15) is 29.6 Å². The van der Waals surface area contributed by atoms with Gasteiger partial charge in [-0.15, -0.1) is 0 Å². The first-order chi connectivity index (χ1) is 7.68. The largest absolute Gasteiger partial charge is 0.339 e. The van der Waals surface area contributed by atoms with Crippen molar-refractivity contribution in [3.63, 3.8) is 0 Å². The van der Waals surface area contributed by atoms with Gasteiger partial charge in [0, 0.05) is 18.1 Å². The summed E-state index contributed by atoms with van der Waals surface area (Å²) in [5.74, 6) is 0.0152. The summed E-state index contributed by atoms with van der Waals surface area (Å²) in [4.78, 5) is 14.0. The van der Waals surface area contributed by atoms with E-state index in [4.69, 9.17) is 23.2 Å². The van der Waals surface area contributed by atoms with Crippen molar-refractivity contribution in [2.24, 2.45) is 0 Å². The Balaban J connectivity index is 2.19. The first kappa shape index (κ1) is 11.7. The molecule has 0 unspecified atom stereocenters. The Labute approximate surface area is 105 Å². The summed E-state index contributed by atoms with van der Waals surface area (Å²) in [7, 11) is 0. The molecule has 1 aromatic rings. The SMILES string of the molecule is O=C(c1ccc(Cl)cc1Cl)N1CCCCC1. The molecule has 1 fully saturated rings. The molecule has 0 saturated carbocycles. The van der Waals surface area contributed by atoms with E-state index in [1.807, 2.05) is 4.90 Å². The molecule has 0 aromatic heterocycles. The molecule has 0 radical (unpaired) electrons. The molecule has 16 heavy (non-hydrogen) atoms. The lowest BCUT2D eigenvalue weighted by atomic mass is 10.1. The van der Waals surface area contributed by atoms with Gasteiger partial charge in [0.15, 0.2) is 0 Å². The number of hydrogen-bond donors (Lipinski definition) is 0. The van der Waals surface area contributed by atoms with E-state index in [9.17, 15) is 4.79 Å². The minimum atomic E-state index is 0.0152. The molecule has 2 nitrogen and oxygen atoms in total. The van der Waals surface area contributed by atoms with Gasteiger partial charge in [0.25, 0.3) is 5.91 Å². The van der Waals surface area contributed by atoms with Gasteiger partial charge >= 0.3 is 0 Å². The highest BCUT2D eigenvalue weighted by Crippen LogP contribution is 2.23. The van der Waals surface area contributed by atoms with Crippen molar-refractivity contribution in [2.45, 2.75) is 19.3 Å². The van der Waals surface area contributed by atoms with Crippen LogP contribution < -0.4 is 0 Å². The monoisotopic (exact) mass is 257 g/mol. The Kier molecular flexibility index (Phi) is 3.72. The van der Waals surface area contributed by atoms with E-state index in [-0.39, 0.29) is 5.91 Å². The number of hydrogen-bond acceptors (Lipinski definition) is 1. The number of nitrogens with zero attached hydrogens (tertiary/aromatic N) is 1. The molecule has 1 aliphatic rings. The van der Waals surface area contributed by atoms with E-state index in [1.165, 1.54) is 6.42 Å². The number of amides is 1. The van der Waals surface area contributed by atoms with E-state index < -0.39 is 0 Å². The molecule has 0 atom stereocenters. The molecular formula is C12H13Cl2NO. The van der Waals surface area contributed by atoms with E-state index in [0.717, 1.165) is 25.9 Å². The predicted molar refractivity (Wildman–Crippen MR) is 66.2 cm³/mol. The lowest BCUT2D eigenvalue weighted by Crippen LogP contribution is -2.35. The van der Waals surface area contributed by atoms with Gasteiger partial charge in [-0.05, 0) is 37.5 Å². The molecule has 1 heterocycles. The number of piperidine rings is 1. The quantitative estimate of drug-likeness (QED) is 0.753. The molecule has 1 amide bonds. The van der Waals surface area contributed by atoms with Gasteiger partial charge in [0.05, 0.1) is 10.6 Å². The third kappa shape index (κ3) is 2.50. The van der Waals surface area contributed by atoms with Crippen molar-refractivity contribution in [3.05, 3.63) is 33.8 Å². The van der Waals surface area contributed by atoms with Crippen LogP contribution >= 0.6 is 23.2 Å². The molecule has 0 N–H and O–H groups in total. The van der Waals surface area contributed by atoms with E-state index in [2.05, 4.69) is 0 Å². The third-order valence-corrected chi connectivity index (χ3v) is 3.35. The Morgan fingerprint density at radius 3 is 2.44 bits per heavy atom. The highest BCUT2D eigenvalue weighted by atomic mass is 35.5. The van der Waals surface area contributed by atoms with E-state index >= 15 is 0 Å². The lowest BCUT2D eigenvalue weighted by molar-refractivity contribution is 0.0724. The van der Waals surface area contributed by atoms with Crippen molar-refractivity contribution in [2.75, 3.05) is 13.1 Å². The number of halogens is 2. The van der Waals surface area contributed by atoms with Crippen LogP contribution in [0.15, 0.2) is 18.2 Å². The van der Waals surface area contributed by atoms with Crippen LogP contribution in [0.25, 0.3) is 0 Å². The summed E-state index contributed by atoms with van der Waals surface area (Å²) in [6, 6.07) is 5.01. The molecule has 1 aromatic carbocycles. The molecule has 86 valence electrons. The molecule has 0 spiro atoms. The molecule has 1 aliphatic heterocycles. The van der Waals surface area contributed by atoms with Crippen LogP contribution in [0.5, 0.6) is 0 Å². The summed E-state index contributed by atoms with van der Waals surface area (Å²) < 4.78 is 0. The number of likely N-dealkylation sites (tertiary alicyclic amines) is 1. The molecule has 1 saturated heterocycles. The molecule has 0 aliphatic carbocycles. The zero-order valence-corrected chi connectivity index (χ0v) is 10.4. The fraction of sp³-hybridized carbons (Fsp3) is 0.417. The lowest BCUT2D eigenvalue weighted by Gasteiger charge is -2.27. The van der Waals surface area contributed by atoms with E-state index in [1.54, 1.807) is 18.2 Å². The predicted octanol–water partition coefficient (Wildman–Crippen LogP) is 3.62. The first-order valence-electron chi connectivity index (χ1n) is 5.43. The Hall–Kier alpha value is -0.730. The highest BCUT2D eigenvalue weighted by molar-refractivity contribution is 6.36. The summed E-state index contributed by atoms with van der Waals surface area (Å²) in [6.45, 7) is 1.66. The Morgan fingerprint density at radius 1 is 1.12 bits per heavy atom. The average molecular weight is 258 g/mol. The van der Waals surface area contributed by atoms with Gasteiger partial charge in [-0.1, -0.05) is 23.2 Å². The summed E-state index contributed by atoms with van der Waals surface area (Å²) in [5, 5.41) is 0.989. The van der Waals surface area contributed by atoms with Crippen molar-refractivity contribution in [1.82, 2.24) is 4.90 Å². The van der Waals surface area contributed by atoms with Crippen molar-refractivity contribution < 1.29 is 4.79 Å². The van der Waals surface area contributed by atoms with Crippen molar-refractivity contribution in [3.8, 4) is 0 Å². The summed E-state index contributed by atoms with van der Waals surface area (Å²) >= 11 is 11.8. The second-order valence-corrected chi connectivity index (χ2v) is 4.82. The highest BCUT2D eigenvalue weighted by Gasteiger charge is 2.20. The summed E-state index contributed by atoms with van der Waals surface area (Å²) in [6.07, 6.45) is 3.37. The molecule has 2 rings (SSSR count). The Morgan fingerprint density at radius 2 is 1.81 bits per heavy atom. The van der Waals surface area contributed by atoms with Gasteiger partial charge in [0.2, 0.25) is 0 Å². The standard InChI is InChI=1S/C12H13Cl2NO/c13-9-4-5-10(11(14)8-9)12(16)15-6-2-1-3-7-15/h4-5,8H,1-3,6-7H2. The van der Waals surface area contributed by atoms with Gasteiger partial charge in [-0.2, -0.15) is 0 Å². The normalized spacial score (nSPS) is 16.2. The molecule has 4 heteroatoms. The number of rotatable bonds is 1. The molecular weight excluding hydrogens is 245 g/mol. The summed E-state index contributed by atoms with van der Waals surface area (Å²) in [5.41, 5.74) is 0.549. The fourth-order valence-corrected chi connectivity index (χ4v) is 2.42. The second-order valence-electron chi connectivity index (χ2n) is 3.98. The average Bonchev–Trinajstić information content (AvgIpc) is 2.29. The maximum absolute atomic E-state index is 12.1. The zero-order valence-electron chi connectivity index (χ0n) is 8.88. The van der Waals surface area contributed by atoms with Crippen molar-refractivity contribution in [1.29, 1.82) is 0 Å². The topological polar surface area (TPSA) is 20.3 Å². The smallest absolute Gasteiger partial charge is 0.255 e. The Bertz CT molecular complexity index is 400. The number of carbonyl (C=O) groups is 1. The van der Waals surface area contributed by atoms with Crippen LogP contribution in [0.4, 0.5) is 0 Å². The van der Waals surface area contributed by atoms with Crippen molar-refractivity contribution >= 4 is 29.1 Å². The van der Waals surface area contributed by atoms with Gasteiger partial charge in [-0.3, -0.25) is 4.79 Å². The fourth-order valence-electron chi connectivity index (χ4n) is 1.93. The van der Waals surface area contributed by atoms with Crippen LogP contribution in [0, 0.1) is 0 Å². The maximum atomic E-state index is 12.1. The van der Waals surface area contributed by atoms with Crippen LogP contribution in [0.2, 0.25) is 10.0 Å². The third-order valence-electron chi connectivity index (χ3n) is 2.80. The van der Waals surface area contributed by atoms with Gasteiger partial charge < -0.3 is 4.90 Å².